The molecule has 2 aromatic rings. The fraction of sp³-hybridized carbons (Fsp3) is 0.438. The van der Waals surface area contributed by atoms with Gasteiger partial charge in [0, 0.05) is 18.4 Å². The highest BCUT2D eigenvalue weighted by atomic mass is 16.3. The lowest BCUT2D eigenvalue weighted by molar-refractivity contribution is 0.214. The van der Waals surface area contributed by atoms with Gasteiger partial charge < -0.3 is 15.7 Å². The summed E-state index contributed by atoms with van der Waals surface area (Å²) in [7, 11) is 0. The van der Waals surface area contributed by atoms with Crippen molar-refractivity contribution < 1.29 is 9.90 Å². The van der Waals surface area contributed by atoms with Gasteiger partial charge >= 0.3 is 6.03 Å². The van der Waals surface area contributed by atoms with E-state index in [9.17, 15) is 4.79 Å². The number of hydrogen-bond donors (Lipinski definition) is 3. The maximum atomic E-state index is 11.7. The number of aliphatic hydroxyl groups is 1. The summed E-state index contributed by atoms with van der Waals surface area (Å²) in [5.41, 5.74) is 2.86. The maximum Gasteiger partial charge on any atom is 0.315 e. The molecule has 0 aromatic carbocycles. The van der Waals surface area contributed by atoms with Gasteiger partial charge in [0.1, 0.15) is 0 Å². The fourth-order valence-corrected chi connectivity index (χ4v) is 2.20. The summed E-state index contributed by atoms with van der Waals surface area (Å²) in [6.45, 7) is 6.13. The van der Waals surface area contributed by atoms with Gasteiger partial charge in [0.05, 0.1) is 18.3 Å². The monoisotopic (exact) mass is 317 g/mol. The topological polar surface area (TPSA) is 92.1 Å². The van der Waals surface area contributed by atoms with Gasteiger partial charge in [-0.15, -0.1) is 0 Å². The third kappa shape index (κ3) is 4.53. The van der Waals surface area contributed by atoms with Crippen molar-refractivity contribution in [3.63, 3.8) is 0 Å². The van der Waals surface area contributed by atoms with Crippen LogP contribution in [0.2, 0.25) is 0 Å². The van der Waals surface area contributed by atoms with Crippen molar-refractivity contribution in [2.75, 3.05) is 6.61 Å². The Labute approximate surface area is 135 Å². The van der Waals surface area contributed by atoms with E-state index in [1.807, 2.05) is 39.0 Å². The molecule has 124 valence electrons. The van der Waals surface area contributed by atoms with E-state index in [4.69, 9.17) is 5.11 Å². The molecule has 7 heteroatoms. The lowest BCUT2D eigenvalue weighted by atomic mass is 10.2. The number of pyridine rings is 1. The highest BCUT2D eigenvalue weighted by Crippen LogP contribution is 2.10. The second-order valence-electron chi connectivity index (χ2n) is 5.48. The van der Waals surface area contributed by atoms with Gasteiger partial charge in [0.2, 0.25) is 0 Å². The minimum absolute atomic E-state index is 0.0667. The Bertz CT molecular complexity index is 647. The molecule has 1 atom stereocenters. The predicted molar refractivity (Wildman–Crippen MR) is 87.4 cm³/mol. The van der Waals surface area contributed by atoms with Crippen LogP contribution in [0.25, 0.3) is 5.82 Å². The molecule has 3 N–H and O–H groups in total. The number of rotatable bonds is 6. The Morgan fingerprint density at radius 3 is 2.70 bits per heavy atom. The SMILES string of the molecule is CCC(CO)NC(=O)NCc1ccc(-n2nc(C)cc2C)nc1. The molecule has 2 aromatic heterocycles. The van der Waals surface area contributed by atoms with Crippen LogP contribution in [-0.4, -0.2) is 38.6 Å². The first-order valence-corrected chi connectivity index (χ1v) is 7.67. The molecule has 0 aliphatic rings. The number of hydrogen-bond acceptors (Lipinski definition) is 4. The summed E-state index contributed by atoms with van der Waals surface area (Å²) in [6.07, 6.45) is 2.40. The van der Waals surface area contributed by atoms with Crippen LogP contribution in [0.3, 0.4) is 0 Å². The molecule has 7 nitrogen and oxygen atoms in total. The van der Waals surface area contributed by atoms with Crippen LogP contribution in [0.5, 0.6) is 0 Å². The highest BCUT2D eigenvalue weighted by molar-refractivity contribution is 5.74. The van der Waals surface area contributed by atoms with E-state index < -0.39 is 0 Å². The number of carbonyl (C=O) groups is 1. The van der Waals surface area contributed by atoms with Crippen molar-refractivity contribution in [2.45, 2.75) is 39.8 Å². The van der Waals surface area contributed by atoms with E-state index in [2.05, 4.69) is 20.7 Å². The van der Waals surface area contributed by atoms with Gasteiger partial charge in [-0.2, -0.15) is 5.10 Å². The molecule has 0 fully saturated rings. The van der Waals surface area contributed by atoms with Crippen LogP contribution in [0.1, 0.15) is 30.3 Å². The minimum atomic E-state index is -0.298. The number of aliphatic hydroxyl groups excluding tert-OH is 1. The van der Waals surface area contributed by atoms with Crippen LogP contribution in [0.4, 0.5) is 4.79 Å². The molecular weight excluding hydrogens is 294 g/mol. The van der Waals surface area contributed by atoms with Gasteiger partial charge in [-0.05, 0) is 38.0 Å². The molecule has 0 saturated heterocycles. The van der Waals surface area contributed by atoms with Crippen molar-refractivity contribution in [3.05, 3.63) is 41.3 Å². The lowest BCUT2D eigenvalue weighted by Gasteiger charge is -2.14. The third-order valence-electron chi connectivity index (χ3n) is 3.54. The van der Waals surface area contributed by atoms with Gasteiger partial charge in [-0.25, -0.2) is 14.5 Å². The average molecular weight is 317 g/mol. The van der Waals surface area contributed by atoms with Crippen molar-refractivity contribution in [1.29, 1.82) is 0 Å². The zero-order chi connectivity index (χ0) is 16.8. The van der Waals surface area contributed by atoms with Crippen molar-refractivity contribution in [3.8, 4) is 5.82 Å². The Morgan fingerprint density at radius 1 is 1.39 bits per heavy atom. The number of aromatic nitrogens is 3. The van der Waals surface area contributed by atoms with E-state index >= 15 is 0 Å². The molecule has 0 saturated carbocycles. The van der Waals surface area contributed by atoms with Crippen molar-refractivity contribution in [2.24, 2.45) is 0 Å². The number of amides is 2. The lowest BCUT2D eigenvalue weighted by Crippen LogP contribution is -2.43. The molecule has 2 rings (SSSR count). The third-order valence-corrected chi connectivity index (χ3v) is 3.54. The molecule has 0 spiro atoms. The predicted octanol–water partition coefficient (Wildman–Crippen LogP) is 1.45. The maximum absolute atomic E-state index is 11.7. The summed E-state index contributed by atoms with van der Waals surface area (Å²) >= 11 is 0. The Hall–Kier alpha value is -2.41. The summed E-state index contributed by atoms with van der Waals surface area (Å²) in [6, 6.07) is 5.25. The molecule has 1 unspecified atom stereocenters. The van der Waals surface area contributed by atoms with Crippen LogP contribution in [-0.2, 0) is 6.54 Å². The first-order chi connectivity index (χ1) is 11.0. The van der Waals surface area contributed by atoms with E-state index in [1.165, 1.54) is 0 Å². The van der Waals surface area contributed by atoms with Crippen molar-refractivity contribution >= 4 is 6.03 Å². The molecule has 0 radical (unpaired) electrons. The molecule has 2 heterocycles. The van der Waals surface area contributed by atoms with Crippen LogP contribution in [0, 0.1) is 13.8 Å². The van der Waals surface area contributed by atoms with Gasteiger partial charge in [0.25, 0.3) is 0 Å². The van der Waals surface area contributed by atoms with E-state index in [0.717, 1.165) is 22.8 Å². The van der Waals surface area contributed by atoms with E-state index in [1.54, 1.807) is 10.9 Å². The summed E-state index contributed by atoms with van der Waals surface area (Å²) in [5.74, 6) is 0.745. The zero-order valence-corrected chi connectivity index (χ0v) is 13.7. The molecule has 0 aliphatic carbocycles. The van der Waals surface area contributed by atoms with Gasteiger partial charge in [-0.3, -0.25) is 0 Å². The van der Waals surface area contributed by atoms with Crippen molar-refractivity contribution in [1.82, 2.24) is 25.4 Å². The van der Waals surface area contributed by atoms with Crippen LogP contribution in [0.15, 0.2) is 24.4 Å². The molecule has 23 heavy (non-hydrogen) atoms. The summed E-state index contributed by atoms with van der Waals surface area (Å²) < 4.78 is 1.78. The minimum Gasteiger partial charge on any atom is -0.394 e. The zero-order valence-electron chi connectivity index (χ0n) is 13.7. The Morgan fingerprint density at radius 2 is 2.17 bits per heavy atom. The van der Waals surface area contributed by atoms with Gasteiger partial charge in [-0.1, -0.05) is 13.0 Å². The molecule has 2 amide bonds. The highest BCUT2D eigenvalue weighted by Gasteiger charge is 2.09. The van der Waals surface area contributed by atoms with E-state index in [0.29, 0.717) is 13.0 Å². The second kappa shape index (κ2) is 7.73. The smallest absolute Gasteiger partial charge is 0.315 e. The number of urea groups is 1. The first kappa shape index (κ1) is 17.0. The summed E-state index contributed by atoms with van der Waals surface area (Å²) in [4.78, 5) is 16.1. The second-order valence-corrected chi connectivity index (χ2v) is 5.48. The molecule has 0 aliphatic heterocycles. The number of nitrogens with one attached hydrogen (secondary N) is 2. The number of nitrogens with zero attached hydrogens (tertiary/aromatic N) is 3. The van der Waals surface area contributed by atoms with Crippen LogP contribution < -0.4 is 10.6 Å². The first-order valence-electron chi connectivity index (χ1n) is 7.67. The fourth-order valence-electron chi connectivity index (χ4n) is 2.20. The van der Waals surface area contributed by atoms with E-state index in [-0.39, 0.29) is 18.7 Å². The van der Waals surface area contributed by atoms with Gasteiger partial charge in [0.15, 0.2) is 5.82 Å². The van der Waals surface area contributed by atoms with Crippen LogP contribution >= 0.6 is 0 Å². The Kier molecular flexibility index (Phi) is 5.70. The summed E-state index contributed by atoms with van der Waals surface area (Å²) in [5, 5.41) is 18.9. The molecular formula is C16H23N5O2. The normalized spacial score (nSPS) is 12.0. The largest absolute Gasteiger partial charge is 0.394 e. The standard InChI is InChI=1S/C16H23N5O2/c1-4-14(10-22)19-16(23)18-9-13-5-6-15(17-8-13)21-12(3)7-11(2)20-21/h5-8,14,22H,4,9-10H2,1-3H3,(H2,18,19,23). The quantitative estimate of drug-likeness (QED) is 0.752. The Balaban J connectivity index is 1.93. The molecule has 0 bridgehead atoms. The number of carbonyl (C=O) groups excluding carboxylic acids is 1. The number of aryl methyl sites for hydroxylation is 2. The average Bonchev–Trinajstić information content (AvgIpc) is 2.89.